The summed E-state index contributed by atoms with van der Waals surface area (Å²) in [5.74, 6) is 1.04. The number of nitrogens with zero attached hydrogens (tertiary/aromatic N) is 2. The van der Waals surface area contributed by atoms with Crippen molar-refractivity contribution in [3.63, 3.8) is 0 Å². The SMILES string of the molecule is COCCOc1cc(C(=O)N2C[C@H](C)Oc3ccc(C)cc32)ccn1. The zero-order valence-corrected chi connectivity index (χ0v) is 14.7. The van der Waals surface area contributed by atoms with Crippen molar-refractivity contribution in [2.45, 2.75) is 20.0 Å². The predicted octanol–water partition coefficient (Wildman–Crippen LogP) is 2.84. The van der Waals surface area contributed by atoms with Crippen molar-refractivity contribution in [3.8, 4) is 11.6 Å². The zero-order valence-electron chi connectivity index (χ0n) is 14.7. The lowest BCUT2D eigenvalue weighted by molar-refractivity contribution is 0.0960. The highest BCUT2D eigenvalue weighted by molar-refractivity contribution is 6.07. The molecule has 1 amide bonds. The average molecular weight is 342 g/mol. The molecule has 0 unspecified atom stereocenters. The van der Waals surface area contributed by atoms with E-state index in [4.69, 9.17) is 14.2 Å². The van der Waals surface area contributed by atoms with Gasteiger partial charge in [-0.15, -0.1) is 0 Å². The second-order valence-electron chi connectivity index (χ2n) is 6.04. The van der Waals surface area contributed by atoms with E-state index in [2.05, 4.69) is 4.98 Å². The molecule has 25 heavy (non-hydrogen) atoms. The number of aromatic nitrogens is 1. The van der Waals surface area contributed by atoms with Gasteiger partial charge in [-0.1, -0.05) is 6.07 Å². The number of amides is 1. The summed E-state index contributed by atoms with van der Waals surface area (Å²) in [6.45, 7) is 5.30. The second-order valence-corrected chi connectivity index (χ2v) is 6.04. The standard InChI is InChI=1S/C19H22N2O4/c1-13-4-5-17-16(10-13)21(12-14(2)25-17)19(22)15-6-7-20-18(11-15)24-9-8-23-3/h4-7,10-11,14H,8-9,12H2,1-3H3/t14-/m0/s1. The fraction of sp³-hybridized carbons (Fsp3) is 0.368. The Labute approximate surface area is 147 Å². The molecule has 1 aromatic heterocycles. The van der Waals surface area contributed by atoms with Gasteiger partial charge >= 0.3 is 0 Å². The first-order valence-corrected chi connectivity index (χ1v) is 8.25. The molecular formula is C19H22N2O4. The van der Waals surface area contributed by atoms with Crippen LogP contribution in [0.2, 0.25) is 0 Å². The van der Waals surface area contributed by atoms with E-state index in [0.29, 0.717) is 31.2 Å². The van der Waals surface area contributed by atoms with Crippen LogP contribution in [0.1, 0.15) is 22.8 Å². The van der Waals surface area contributed by atoms with Crippen molar-refractivity contribution in [2.75, 3.05) is 31.8 Å². The van der Waals surface area contributed by atoms with Crippen LogP contribution in [0.4, 0.5) is 5.69 Å². The largest absolute Gasteiger partial charge is 0.487 e. The first-order valence-electron chi connectivity index (χ1n) is 8.25. The van der Waals surface area contributed by atoms with Gasteiger partial charge in [0.25, 0.3) is 5.91 Å². The molecule has 2 aromatic rings. The van der Waals surface area contributed by atoms with Crippen LogP contribution in [0, 0.1) is 6.92 Å². The Balaban J connectivity index is 1.86. The van der Waals surface area contributed by atoms with Crippen molar-refractivity contribution in [1.29, 1.82) is 0 Å². The molecule has 0 spiro atoms. The quantitative estimate of drug-likeness (QED) is 0.782. The van der Waals surface area contributed by atoms with Crippen LogP contribution in [0.5, 0.6) is 11.6 Å². The minimum absolute atomic E-state index is 0.0709. The van der Waals surface area contributed by atoms with Gasteiger partial charge in [0, 0.05) is 24.9 Å². The summed E-state index contributed by atoms with van der Waals surface area (Å²) >= 11 is 0. The molecule has 0 N–H and O–H groups in total. The van der Waals surface area contributed by atoms with Crippen molar-refractivity contribution >= 4 is 11.6 Å². The van der Waals surface area contributed by atoms with Gasteiger partial charge in [-0.3, -0.25) is 4.79 Å². The van der Waals surface area contributed by atoms with Crippen molar-refractivity contribution in [2.24, 2.45) is 0 Å². The zero-order chi connectivity index (χ0) is 17.8. The first-order chi connectivity index (χ1) is 12.1. The van der Waals surface area contributed by atoms with Crippen molar-refractivity contribution in [3.05, 3.63) is 47.7 Å². The predicted molar refractivity (Wildman–Crippen MR) is 94.6 cm³/mol. The van der Waals surface area contributed by atoms with Crippen LogP contribution in [-0.2, 0) is 4.74 Å². The third-order valence-corrected chi connectivity index (χ3v) is 3.94. The Morgan fingerprint density at radius 3 is 2.96 bits per heavy atom. The highest BCUT2D eigenvalue weighted by atomic mass is 16.5. The Morgan fingerprint density at radius 2 is 2.16 bits per heavy atom. The molecule has 1 aromatic carbocycles. The summed E-state index contributed by atoms with van der Waals surface area (Å²) in [6.07, 6.45) is 1.51. The van der Waals surface area contributed by atoms with E-state index in [1.807, 2.05) is 32.0 Å². The van der Waals surface area contributed by atoms with Crippen LogP contribution >= 0.6 is 0 Å². The topological polar surface area (TPSA) is 60.9 Å². The molecular weight excluding hydrogens is 320 g/mol. The molecule has 0 saturated carbocycles. The number of hydrogen-bond acceptors (Lipinski definition) is 5. The Kier molecular flexibility index (Phi) is 5.19. The molecule has 1 atom stereocenters. The maximum absolute atomic E-state index is 13.1. The van der Waals surface area contributed by atoms with Gasteiger partial charge in [-0.2, -0.15) is 0 Å². The number of ether oxygens (including phenoxy) is 3. The van der Waals surface area contributed by atoms with Crippen LogP contribution in [-0.4, -0.2) is 43.9 Å². The van der Waals surface area contributed by atoms with E-state index in [-0.39, 0.29) is 12.0 Å². The van der Waals surface area contributed by atoms with Crippen LogP contribution < -0.4 is 14.4 Å². The van der Waals surface area contributed by atoms with Gasteiger partial charge in [0.05, 0.1) is 18.8 Å². The van der Waals surface area contributed by atoms with E-state index < -0.39 is 0 Å². The number of carbonyl (C=O) groups excluding carboxylic acids is 1. The number of hydrogen-bond donors (Lipinski definition) is 0. The number of pyridine rings is 1. The average Bonchev–Trinajstić information content (AvgIpc) is 2.61. The smallest absolute Gasteiger partial charge is 0.258 e. The minimum atomic E-state index is -0.0963. The van der Waals surface area contributed by atoms with Crippen LogP contribution in [0.15, 0.2) is 36.5 Å². The highest BCUT2D eigenvalue weighted by Gasteiger charge is 2.28. The molecule has 2 heterocycles. The van der Waals surface area contributed by atoms with E-state index in [1.54, 1.807) is 30.3 Å². The number of anilines is 1. The van der Waals surface area contributed by atoms with Gasteiger partial charge in [0.2, 0.25) is 5.88 Å². The Hall–Kier alpha value is -2.60. The van der Waals surface area contributed by atoms with E-state index in [1.165, 1.54) is 0 Å². The fourth-order valence-electron chi connectivity index (χ4n) is 2.75. The highest BCUT2D eigenvalue weighted by Crippen LogP contribution is 2.35. The van der Waals surface area contributed by atoms with Gasteiger partial charge in [0.15, 0.2) is 0 Å². The van der Waals surface area contributed by atoms with Crippen molar-refractivity contribution < 1.29 is 19.0 Å². The van der Waals surface area contributed by atoms with Crippen LogP contribution in [0.3, 0.4) is 0 Å². The molecule has 132 valence electrons. The van der Waals surface area contributed by atoms with E-state index in [9.17, 15) is 4.79 Å². The third-order valence-electron chi connectivity index (χ3n) is 3.94. The molecule has 0 fully saturated rings. The summed E-state index contributed by atoms with van der Waals surface area (Å²) < 4.78 is 16.3. The molecule has 0 saturated heterocycles. The maximum Gasteiger partial charge on any atom is 0.258 e. The monoisotopic (exact) mass is 342 g/mol. The summed E-state index contributed by atoms with van der Waals surface area (Å²) in [6, 6.07) is 9.21. The van der Waals surface area contributed by atoms with Gasteiger partial charge in [0.1, 0.15) is 18.5 Å². The second kappa shape index (κ2) is 7.53. The summed E-state index contributed by atoms with van der Waals surface area (Å²) in [5, 5.41) is 0. The van der Waals surface area contributed by atoms with Crippen molar-refractivity contribution in [1.82, 2.24) is 4.98 Å². The van der Waals surface area contributed by atoms with Gasteiger partial charge in [-0.05, 0) is 37.6 Å². The summed E-state index contributed by atoms with van der Waals surface area (Å²) in [5.41, 5.74) is 2.40. The summed E-state index contributed by atoms with van der Waals surface area (Å²) in [7, 11) is 1.61. The number of aryl methyl sites for hydroxylation is 1. The molecule has 0 bridgehead atoms. The maximum atomic E-state index is 13.1. The number of rotatable bonds is 5. The Bertz CT molecular complexity index is 763. The fourth-order valence-corrected chi connectivity index (χ4v) is 2.75. The Morgan fingerprint density at radius 1 is 1.32 bits per heavy atom. The molecule has 1 aliphatic rings. The number of methoxy groups -OCH3 is 1. The molecule has 0 aliphatic carbocycles. The number of benzene rings is 1. The van der Waals surface area contributed by atoms with E-state index >= 15 is 0 Å². The van der Waals surface area contributed by atoms with E-state index in [0.717, 1.165) is 17.0 Å². The normalized spacial score (nSPS) is 16.1. The molecule has 6 nitrogen and oxygen atoms in total. The lowest BCUT2D eigenvalue weighted by atomic mass is 10.1. The first kappa shape index (κ1) is 17.2. The third kappa shape index (κ3) is 3.91. The number of carbonyl (C=O) groups is 1. The lowest BCUT2D eigenvalue weighted by Crippen LogP contribution is -2.42. The van der Waals surface area contributed by atoms with Crippen LogP contribution in [0.25, 0.3) is 0 Å². The molecule has 3 rings (SSSR count). The molecule has 1 aliphatic heterocycles. The minimum Gasteiger partial charge on any atom is -0.487 e. The number of fused-ring (bicyclic) bond motifs is 1. The molecule has 0 radical (unpaired) electrons. The summed E-state index contributed by atoms with van der Waals surface area (Å²) in [4.78, 5) is 19.0. The molecule has 6 heteroatoms. The lowest BCUT2D eigenvalue weighted by Gasteiger charge is -2.33. The van der Waals surface area contributed by atoms with Gasteiger partial charge < -0.3 is 19.1 Å². The van der Waals surface area contributed by atoms with Gasteiger partial charge in [-0.25, -0.2) is 4.98 Å².